The van der Waals surface area contributed by atoms with Crippen molar-refractivity contribution in [1.82, 2.24) is 5.32 Å². The van der Waals surface area contributed by atoms with E-state index < -0.39 is 12.1 Å². The van der Waals surface area contributed by atoms with Gasteiger partial charge in [-0.15, -0.1) is 0 Å². The van der Waals surface area contributed by atoms with Gasteiger partial charge in [-0.2, -0.15) is 0 Å². The zero-order chi connectivity index (χ0) is 40.8. The second-order valence-corrected chi connectivity index (χ2v) is 17.1. The highest BCUT2D eigenvalue weighted by molar-refractivity contribution is 5.76. The van der Waals surface area contributed by atoms with Crippen molar-refractivity contribution in [2.75, 3.05) is 13.2 Å². The quantitative estimate of drug-likeness (QED) is 0.0324. The van der Waals surface area contributed by atoms with Gasteiger partial charge in [0.2, 0.25) is 5.91 Å². The molecule has 3 N–H and O–H groups in total. The maximum absolute atomic E-state index is 12.4. The Kier molecular flexibility index (Phi) is 45.1. The number of amides is 1. The normalized spacial score (nSPS) is 12.7. The molecule has 1 amide bonds. The van der Waals surface area contributed by atoms with Crippen LogP contribution in [0.3, 0.4) is 0 Å². The smallest absolute Gasteiger partial charge is 0.305 e. The average Bonchev–Trinajstić information content (AvgIpc) is 3.20. The number of aliphatic hydroxyl groups is 2. The summed E-state index contributed by atoms with van der Waals surface area (Å²) in [6, 6.07) is -0.564. The first kappa shape index (κ1) is 54.6. The van der Waals surface area contributed by atoms with E-state index in [1.54, 1.807) is 0 Å². The predicted octanol–water partition coefficient (Wildman–Crippen LogP) is 14.6. The summed E-state index contributed by atoms with van der Waals surface area (Å²) in [5.41, 5.74) is 0. The number of allylic oxidation sites excluding steroid dienone is 2. The van der Waals surface area contributed by atoms with E-state index in [1.807, 2.05) is 0 Å². The number of unbranched alkanes of at least 4 members (excludes halogenated alkanes) is 33. The van der Waals surface area contributed by atoms with Crippen LogP contribution in [0.25, 0.3) is 0 Å². The SMILES string of the molecule is CCCCCCCCCCCCCCCCCCCCC(=O)OCCCC/C=C\CCCCCCC(=O)NC(CO)C(O)CCCCCCCCCCCCC. The highest BCUT2D eigenvalue weighted by Gasteiger charge is 2.20. The first-order valence-corrected chi connectivity index (χ1v) is 24.9. The fraction of sp³-hybridized carbons (Fsp3) is 0.920. The third-order valence-corrected chi connectivity index (χ3v) is 11.6. The Morgan fingerprint density at radius 3 is 1.27 bits per heavy atom. The van der Waals surface area contributed by atoms with Crippen LogP contribution < -0.4 is 5.32 Å². The zero-order valence-corrected chi connectivity index (χ0v) is 37.6. The lowest BCUT2D eigenvalue weighted by Crippen LogP contribution is -2.45. The molecule has 0 radical (unpaired) electrons. The van der Waals surface area contributed by atoms with Crippen molar-refractivity contribution < 1.29 is 24.5 Å². The standard InChI is InChI=1S/C50H97NO5/c1-3-5-7-9-11-13-15-16-17-18-19-20-21-23-28-32-36-40-44-50(55)56-45-41-37-33-29-25-24-27-31-35-39-43-49(54)51-47(46-52)48(53)42-38-34-30-26-22-14-12-10-8-6-4-2/h25,29,47-48,52-53H,3-24,26-28,30-46H2,1-2H3,(H,51,54)/b29-25-. The Labute approximate surface area is 349 Å². The van der Waals surface area contributed by atoms with Gasteiger partial charge in [0.25, 0.3) is 0 Å². The molecule has 0 saturated carbocycles. The monoisotopic (exact) mass is 792 g/mol. The molecule has 2 atom stereocenters. The van der Waals surface area contributed by atoms with E-state index in [-0.39, 0.29) is 18.5 Å². The lowest BCUT2D eigenvalue weighted by molar-refractivity contribution is -0.143. The van der Waals surface area contributed by atoms with Crippen molar-refractivity contribution >= 4 is 11.9 Å². The highest BCUT2D eigenvalue weighted by Crippen LogP contribution is 2.16. The summed E-state index contributed by atoms with van der Waals surface area (Å²) in [7, 11) is 0. The molecule has 0 aliphatic carbocycles. The van der Waals surface area contributed by atoms with Gasteiger partial charge in [-0.05, 0) is 51.4 Å². The molecule has 56 heavy (non-hydrogen) atoms. The molecular weight excluding hydrogens is 695 g/mol. The average molecular weight is 792 g/mol. The van der Waals surface area contributed by atoms with Crippen LogP contribution in [-0.2, 0) is 14.3 Å². The van der Waals surface area contributed by atoms with E-state index in [1.165, 1.54) is 161 Å². The Bertz CT molecular complexity index is 832. The molecule has 0 aromatic rings. The number of aliphatic hydroxyl groups excluding tert-OH is 2. The summed E-state index contributed by atoms with van der Waals surface area (Å²) in [5.74, 6) is -0.103. The van der Waals surface area contributed by atoms with Gasteiger partial charge in [0.1, 0.15) is 0 Å². The molecule has 6 heteroatoms. The molecule has 0 aliphatic rings. The first-order chi connectivity index (χ1) is 27.5. The molecule has 332 valence electrons. The third-order valence-electron chi connectivity index (χ3n) is 11.6. The lowest BCUT2D eigenvalue weighted by atomic mass is 10.0. The van der Waals surface area contributed by atoms with Gasteiger partial charge >= 0.3 is 5.97 Å². The van der Waals surface area contributed by atoms with E-state index in [0.717, 1.165) is 77.0 Å². The fourth-order valence-electron chi connectivity index (χ4n) is 7.69. The predicted molar refractivity (Wildman–Crippen MR) is 241 cm³/mol. The van der Waals surface area contributed by atoms with Gasteiger partial charge in [0, 0.05) is 12.8 Å². The summed E-state index contributed by atoms with van der Waals surface area (Å²) < 4.78 is 5.44. The van der Waals surface area contributed by atoms with Crippen molar-refractivity contribution in [2.24, 2.45) is 0 Å². The van der Waals surface area contributed by atoms with Crippen LogP contribution in [-0.4, -0.2) is 47.4 Å². The van der Waals surface area contributed by atoms with Crippen molar-refractivity contribution in [3.63, 3.8) is 0 Å². The number of hydrogen-bond acceptors (Lipinski definition) is 5. The molecule has 0 saturated heterocycles. The minimum atomic E-state index is -0.683. The molecule has 0 heterocycles. The number of nitrogens with one attached hydrogen (secondary N) is 1. The van der Waals surface area contributed by atoms with Crippen LogP contribution in [0.5, 0.6) is 0 Å². The highest BCUT2D eigenvalue weighted by atomic mass is 16.5. The van der Waals surface area contributed by atoms with Crippen molar-refractivity contribution in [2.45, 2.75) is 283 Å². The summed E-state index contributed by atoms with van der Waals surface area (Å²) in [4.78, 5) is 24.4. The topological polar surface area (TPSA) is 95.9 Å². The molecule has 6 nitrogen and oxygen atoms in total. The molecular formula is C50H97NO5. The number of carbonyl (C=O) groups is 2. The van der Waals surface area contributed by atoms with Gasteiger partial charge in [-0.1, -0.05) is 219 Å². The molecule has 0 aromatic heterocycles. The fourth-order valence-corrected chi connectivity index (χ4v) is 7.69. The minimum Gasteiger partial charge on any atom is -0.466 e. The van der Waals surface area contributed by atoms with Crippen molar-refractivity contribution in [3.8, 4) is 0 Å². The number of ether oxygens (including phenoxy) is 1. The zero-order valence-electron chi connectivity index (χ0n) is 37.6. The maximum Gasteiger partial charge on any atom is 0.305 e. The molecule has 0 aromatic carbocycles. The largest absolute Gasteiger partial charge is 0.466 e. The van der Waals surface area contributed by atoms with Crippen LogP contribution in [0.15, 0.2) is 12.2 Å². The van der Waals surface area contributed by atoms with E-state index >= 15 is 0 Å². The van der Waals surface area contributed by atoms with Crippen molar-refractivity contribution in [3.05, 3.63) is 12.2 Å². The second-order valence-electron chi connectivity index (χ2n) is 17.1. The van der Waals surface area contributed by atoms with Gasteiger partial charge in [0.05, 0.1) is 25.4 Å². The van der Waals surface area contributed by atoms with Gasteiger partial charge < -0.3 is 20.3 Å². The van der Waals surface area contributed by atoms with Gasteiger partial charge in [-0.3, -0.25) is 9.59 Å². The molecule has 2 unspecified atom stereocenters. The Morgan fingerprint density at radius 2 is 0.839 bits per heavy atom. The minimum absolute atomic E-state index is 0.0323. The van der Waals surface area contributed by atoms with Crippen LogP contribution in [0, 0.1) is 0 Å². The number of carbonyl (C=O) groups excluding carboxylic acids is 2. The molecule has 0 fully saturated rings. The van der Waals surface area contributed by atoms with E-state index in [0.29, 0.717) is 25.9 Å². The van der Waals surface area contributed by atoms with Crippen LogP contribution in [0.4, 0.5) is 0 Å². The van der Waals surface area contributed by atoms with Crippen LogP contribution in [0.2, 0.25) is 0 Å². The first-order valence-electron chi connectivity index (χ1n) is 24.9. The Morgan fingerprint density at radius 1 is 0.482 bits per heavy atom. The maximum atomic E-state index is 12.4. The Hall–Kier alpha value is -1.40. The summed E-state index contributed by atoms with van der Waals surface area (Å²) in [6.45, 7) is 4.86. The summed E-state index contributed by atoms with van der Waals surface area (Å²) in [6.07, 6.45) is 51.9. The van der Waals surface area contributed by atoms with E-state index in [4.69, 9.17) is 4.74 Å². The van der Waals surface area contributed by atoms with Crippen LogP contribution >= 0.6 is 0 Å². The van der Waals surface area contributed by atoms with Crippen molar-refractivity contribution in [1.29, 1.82) is 0 Å². The van der Waals surface area contributed by atoms with E-state index in [9.17, 15) is 19.8 Å². The Balaban J connectivity index is 3.48. The molecule has 0 bridgehead atoms. The third kappa shape index (κ3) is 42.2. The lowest BCUT2D eigenvalue weighted by Gasteiger charge is -2.22. The molecule has 0 spiro atoms. The molecule has 0 rings (SSSR count). The van der Waals surface area contributed by atoms with E-state index in [2.05, 4.69) is 31.3 Å². The number of esters is 1. The molecule has 0 aliphatic heterocycles. The van der Waals surface area contributed by atoms with Gasteiger partial charge in [-0.25, -0.2) is 0 Å². The second kappa shape index (κ2) is 46.3. The summed E-state index contributed by atoms with van der Waals surface area (Å²) >= 11 is 0. The number of hydrogen-bond donors (Lipinski definition) is 3. The number of rotatable bonds is 46. The van der Waals surface area contributed by atoms with Gasteiger partial charge in [0.15, 0.2) is 0 Å². The summed E-state index contributed by atoms with van der Waals surface area (Å²) in [5, 5.41) is 23.1. The van der Waals surface area contributed by atoms with Crippen LogP contribution in [0.1, 0.15) is 271 Å².